The first kappa shape index (κ1) is 16.3. The fourth-order valence-electron chi connectivity index (χ4n) is 2.35. The van der Waals surface area contributed by atoms with Gasteiger partial charge in [-0.05, 0) is 41.3 Å². The highest BCUT2D eigenvalue weighted by Gasteiger charge is 1.92. The molecule has 1 heteroatoms. The molecule has 3 rings (SSSR count). The molecular weight excluding hydrogens is 312 g/mol. The molecular formula is C23H19Cl. The van der Waals surface area contributed by atoms with Crippen molar-refractivity contribution in [3.63, 3.8) is 0 Å². The maximum atomic E-state index is 5.90. The molecule has 3 aromatic carbocycles. The summed E-state index contributed by atoms with van der Waals surface area (Å²) in [4.78, 5) is 0. The lowest BCUT2D eigenvalue weighted by molar-refractivity contribution is 1.46. The number of hydrogen-bond donors (Lipinski definition) is 0. The zero-order valence-corrected chi connectivity index (χ0v) is 14.4. The fourth-order valence-corrected chi connectivity index (χ4v) is 2.48. The molecule has 0 fully saturated rings. The molecule has 0 radical (unpaired) electrons. The molecule has 0 N–H and O–H groups in total. The van der Waals surface area contributed by atoms with E-state index in [0.717, 1.165) is 10.6 Å². The van der Waals surface area contributed by atoms with E-state index in [1.165, 1.54) is 22.3 Å². The molecule has 0 aromatic heterocycles. The van der Waals surface area contributed by atoms with Crippen LogP contribution < -0.4 is 0 Å². The normalized spacial score (nSPS) is 11.4. The Hall–Kier alpha value is -2.57. The molecule has 0 amide bonds. The molecule has 0 aliphatic carbocycles. The number of aryl methyl sites for hydroxylation is 1. The summed E-state index contributed by atoms with van der Waals surface area (Å²) < 4.78 is 0. The van der Waals surface area contributed by atoms with Gasteiger partial charge in [0.15, 0.2) is 0 Å². The van der Waals surface area contributed by atoms with E-state index in [1.807, 2.05) is 24.3 Å². The van der Waals surface area contributed by atoms with Crippen molar-refractivity contribution >= 4 is 35.9 Å². The van der Waals surface area contributed by atoms with Crippen LogP contribution in [0.5, 0.6) is 0 Å². The van der Waals surface area contributed by atoms with Gasteiger partial charge in [0.2, 0.25) is 0 Å². The van der Waals surface area contributed by atoms with Gasteiger partial charge in [0.25, 0.3) is 0 Å². The van der Waals surface area contributed by atoms with Gasteiger partial charge < -0.3 is 0 Å². The van der Waals surface area contributed by atoms with Crippen LogP contribution in [0.3, 0.4) is 0 Å². The van der Waals surface area contributed by atoms with Gasteiger partial charge in [-0.1, -0.05) is 102 Å². The first-order valence-electron chi connectivity index (χ1n) is 7.97. The molecule has 0 spiro atoms. The Kier molecular flexibility index (Phi) is 5.30. The van der Waals surface area contributed by atoms with Gasteiger partial charge in [-0.25, -0.2) is 0 Å². The predicted molar refractivity (Wildman–Crippen MR) is 107 cm³/mol. The first-order valence-corrected chi connectivity index (χ1v) is 8.35. The SMILES string of the molecule is Cc1ccc(C=Cc2ccc(C=Cc3ccc(Cl)cc3)cc2)cc1. The lowest BCUT2D eigenvalue weighted by Gasteiger charge is -1.98. The molecule has 0 nitrogen and oxygen atoms in total. The minimum atomic E-state index is 0.761. The number of benzene rings is 3. The van der Waals surface area contributed by atoms with Gasteiger partial charge in [0, 0.05) is 5.02 Å². The van der Waals surface area contributed by atoms with Crippen LogP contribution in [0.1, 0.15) is 27.8 Å². The molecule has 0 aliphatic rings. The maximum Gasteiger partial charge on any atom is 0.0406 e. The highest BCUT2D eigenvalue weighted by molar-refractivity contribution is 6.30. The standard InChI is InChI=1S/C23H19Cl/c1-18-2-4-19(5-3-18)6-7-20-8-10-21(11-9-20)12-13-22-14-16-23(24)17-15-22/h2-17H,1H3. The van der Waals surface area contributed by atoms with Crippen LogP contribution >= 0.6 is 11.6 Å². The van der Waals surface area contributed by atoms with Crippen LogP contribution in [0.4, 0.5) is 0 Å². The van der Waals surface area contributed by atoms with Gasteiger partial charge in [-0.3, -0.25) is 0 Å². The van der Waals surface area contributed by atoms with Crippen molar-refractivity contribution in [2.75, 3.05) is 0 Å². The third kappa shape index (κ3) is 4.71. The molecule has 0 aliphatic heterocycles. The Bertz CT molecular complexity index is 762. The summed E-state index contributed by atoms with van der Waals surface area (Å²) in [7, 11) is 0. The second-order valence-corrected chi connectivity index (χ2v) is 6.23. The average Bonchev–Trinajstić information content (AvgIpc) is 2.62. The van der Waals surface area contributed by atoms with Crippen molar-refractivity contribution in [3.05, 3.63) is 106 Å². The van der Waals surface area contributed by atoms with Gasteiger partial charge in [-0.2, -0.15) is 0 Å². The highest BCUT2D eigenvalue weighted by atomic mass is 35.5. The summed E-state index contributed by atoms with van der Waals surface area (Å²) in [6, 6.07) is 24.9. The summed E-state index contributed by atoms with van der Waals surface area (Å²) in [6.07, 6.45) is 8.47. The van der Waals surface area contributed by atoms with Crippen LogP contribution in [0.2, 0.25) is 5.02 Å². The maximum absolute atomic E-state index is 5.90. The Balaban J connectivity index is 1.66. The monoisotopic (exact) mass is 330 g/mol. The van der Waals surface area contributed by atoms with Gasteiger partial charge >= 0.3 is 0 Å². The molecule has 0 saturated carbocycles. The topological polar surface area (TPSA) is 0 Å². The molecule has 0 bridgehead atoms. The number of halogens is 1. The van der Waals surface area contributed by atoms with Crippen LogP contribution in [-0.4, -0.2) is 0 Å². The van der Waals surface area contributed by atoms with E-state index in [2.05, 4.69) is 79.8 Å². The molecule has 24 heavy (non-hydrogen) atoms. The van der Waals surface area contributed by atoms with Gasteiger partial charge in [-0.15, -0.1) is 0 Å². The largest absolute Gasteiger partial charge is 0.0843 e. The van der Waals surface area contributed by atoms with Crippen molar-refractivity contribution in [2.24, 2.45) is 0 Å². The smallest absolute Gasteiger partial charge is 0.0406 e. The van der Waals surface area contributed by atoms with Crippen LogP contribution in [-0.2, 0) is 0 Å². The lowest BCUT2D eigenvalue weighted by Crippen LogP contribution is -1.76. The minimum absolute atomic E-state index is 0.761. The van der Waals surface area contributed by atoms with Crippen molar-refractivity contribution in [1.82, 2.24) is 0 Å². The van der Waals surface area contributed by atoms with Crippen molar-refractivity contribution < 1.29 is 0 Å². The molecule has 0 unspecified atom stereocenters. The van der Waals surface area contributed by atoms with E-state index in [-0.39, 0.29) is 0 Å². The fraction of sp³-hybridized carbons (Fsp3) is 0.0435. The second kappa shape index (κ2) is 7.81. The quantitative estimate of drug-likeness (QED) is 0.452. The Labute approximate surface area is 148 Å². The molecule has 0 atom stereocenters. The van der Waals surface area contributed by atoms with Crippen LogP contribution in [0.15, 0.2) is 72.8 Å². The Morgan fingerprint density at radius 1 is 0.500 bits per heavy atom. The summed E-state index contributed by atoms with van der Waals surface area (Å²) in [5.74, 6) is 0. The second-order valence-electron chi connectivity index (χ2n) is 5.80. The third-order valence-electron chi connectivity index (χ3n) is 3.82. The molecule has 118 valence electrons. The van der Waals surface area contributed by atoms with Crippen molar-refractivity contribution in [3.8, 4) is 0 Å². The van der Waals surface area contributed by atoms with Crippen molar-refractivity contribution in [1.29, 1.82) is 0 Å². The van der Waals surface area contributed by atoms with E-state index in [1.54, 1.807) is 0 Å². The summed E-state index contributed by atoms with van der Waals surface area (Å²) in [6.45, 7) is 2.10. The van der Waals surface area contributed by atoms with Gasteiger partial charge in [0.1, 0.15) is 0 Å². The Morgan fingerprint density at radius 2 is 0.792 bits per heavy atom. The van der Waals surface area contributed by atoms with Crippen LogP contribution in [0.25, 0.3) is 24.3 Å². The number of rotatable bonds is 4. The highest BCUT2D eigenvalue weighted by Crippen LogP contribution is 2.14. The van der Waals surface area contributed by atoms with Crippen LogP contribution in [0, 0.1) is 6.92 Å². The zero-order chi connectivity index (χ0) is 16.8. The van der Waals surface area contributed by atoms with E-state index in [9.17, 15) is 0 Å². The molecule has 0 heterocycles. The van der Waals surface area contributed by atoms with Gasteiger partial charge in [0.05, 0.1) is 0 Å². The predicted octanol–water partition coefficient (Wildman–Crippen LogP) is 6.99. The molecule has 3 aromatic rings. The van der Waals surface area contributed by atoms with Crippen molar-refractivity contribution in [2.45, 2.75) is 6.92 Å². The Morgan fingerprint density at radius 3 is 1.17 bits per heavy atom. The summed E-state index contributed by atoms with van der Waals surface area (Å²) >= 11 is 5.90. The summed E-state index contributed by atoms with van der Waals surface area (Å²) in [5, 5.41) is 0.761. The average molecular weight is 331 g/mol. The van der Waals surface area contributed by atoms with E-state index in [0.29, 0.717) is 0 Å². The minimum Gasteiger partial charge on any atom is -0.0843 e. The summed E-state index contributed by atoms with van der Waals surface area (Å²) in [5.41, 5.74) is 6.01. The van der Waals surface area contributed by atoms with E-state index >= 15 is 0 Å². The first-order chi connectivity index (χ1) is 11.7. The third-order valence-corrected chi connectivity index (χ3v) is 4.07. The van der Waals surface area contributed by atoms with E-state index < -0.39 is 0 Å². The zero-order valence-electron chi connectivity index (χ0n) is 13.6. The molecule has 0 saturated heterocycles. The lowest BCUT2D eigenvalue weighted by atomic mass is 10.1. The number of hydrogen-bond acceptors (Lipinski definition) is 0. The van der Waals surface area contributed by atoms with E-state index in [4.69, 9.17) is 11.6 Å².